The van der Waals surface area contributed by atoms with Crippen LogP contribution in [0.15, 0.2) is 5.38 Å². The average Bonchev–Trinajstić information content (AvgIpc) is 2.73. The van der Waals surface area contributed by atoms with Gasteiger partial charge in [0.05, 0.1) is 18.2 Å². The summed E-state index contributed by atoms with van der Waals surface area (Å²) in [5, 5.41) is 5.57. The molecule has 96 valence electrons. The van der Waals surface area contributed by atoms with E-state index in [1.54, 1.807) is 7.11 Å². The zero-order valence-electron chi connectivity index (χ0n) is 10.2. The van der Waals surface area contributed by atoms with Gasteiger partial charge in [0.1, 0.15) is 5.01 Å². The van der Waals surface area contributed by atoms with Gasteiger partial charge in [-0.2, -0.15) is 0 Å². The second-order valence-electron chi connectivity index (χ2n) is 3.84. The van der Waals surface area contributed by atoms with Gasteiger partial charge in [0.2, 0.25) is 5.91 Å². The number of amides is 1. The number of ether oxygens (including phenoxy) is 1. The molecule has 0 aromatic carbocycles. The highest BCUT2D eigenvalue weighted by atomic mass is 32.1. The van der Waals surface area contributed by atoms with Crippen LogP contribution in [0.4, 0.5) is 0 Å². The van der Waals surface area contributed by atoms with Gasteiger partial charge in [-0.25, -0.2) is 4.98 Å². The molecule has 0 spiro atoms. The first-order chi connectivity index (χ1) is 8.13. The molecule has 17 heavy (non-hydrogen) atoms. The largest absolute Gasteiger partial charge is 0.385 e. The van der Waals surface area contributed by atoms with E-state index in [9.17, 15) is 4.79 Å². The highest BCUT2D eigenvalue weighted by Crippen LogP contribution is 2.15. The van der Waals surface area contributed by atoms with Gasteiger partial charge in [-0.05, 0) is 13.3 Å². The van der Waals surface area contributed by atoms with Crippen molar-refractivity contribution in [2.75, 3.05) is 20.3 Å². The summed E-state index contributed by atoms with van der Waals surface area (Å²) >= 11 is 1.50. The Morgan fingerprint density at radius 1 is 1.71 bits per heavy atom. The summed E-state index contributed by atoms with van der Waals surface area (Å²) in [5.41, 5.74) is 6.49. The van der Waals surface area contributed by atoms with Crippen LogP contribution in [0.25, 0.3) is 0 Å². The van der Waals surface area contributed by atoms with Gasteiger partial charge in [0.25, 0.3) is 0 Å². The highest BCUT2D eigenvalue weighted by Gasteiger charge is 2.09. The normalized spacial score (nSPS) is 12.4. The van der Waals surface area contributed by atoms with Crippen LogP contribution in [0.2, 0.25) is 0 Å². The number of aromatic nitrogens is 1. The number of carbonyl (C=O) groups is 1. The molecule has 1 rings (SSSR count). The van der Waals surface area contributed by atoms with Gasteiger partial charge in [-0.15, -0.1) is 11.3 Å². The van der Waals surface area contributed by atoms with Crippen molar-refractivity contribution in [2.45, 2.75) is 25.8 Å². The van der Waals surface area contributed by atoms with Gasteiger partial charge in [0, 0.05) is 25.6 Å². The number of rotatable bonds is 7. The number of nitrogens with one attached hydrogen (secondary N) is 1. The topological polar surface area (TPSA) is 77.2 Å². The van der Waals surface area contributed by atoms with Gasteiger partial charge in [-0.1, -0.05) is 0 Å². The summed E-state index contributed by atoms with van der Waals surface area (Å²) in [6, 6.07) is -0.0708. The van der Waals surface area contributed by atoms with E-state index in [1.807, 2.05) is 12.3 Å². The fourth-order valence-corrected chi connectivity index (χ4v) is 2.06. The van der Waals surface area contributed by atoms with E-state index < -0.39 is 0 Å². The van der Waals surface area contributed by atoms with Crippen molar-refractivity contribution < 1.29 is 9.53 Å². The molecular weight excluding hydrogens is 238 g/mol. The molecule has 1 amide bonds. The van der Waals surface area contributed by atoms with Crippen molar-refractivity contribution in [3.8, 4) is 0 Å². The first kappa shape index (κ1) is 14.1. The predicted octanol–water partition coefficient (Wildman–Crippen LogP) is 0.858. The summed E-state index contributed by atoms with van der Waals surface area (Å²) in [4.78, 5) is 15.8. The Morgan fingerprint density at radius 2 is 2.47 bits per heavy atom. The summed E-state index contributed by atoms with van der Waals surface area (Å²) in [7, 11) is 1.65. The minimum absolute atomic E-state index is 0.0115. The van der Waals surface area contributed by atoms with E-state index in [-0.39, 0.29) is 11.9 Å². The number of thiazole rings is 1. The lowest BCUT2D eigenvalue weighted by Gasteiger charge is -2.03. The molecule has 1 unspecified atom stereocenters. The van der Waals surface area contributed by atoms with Crippen molar-refractivity contribution in [3.63, 3.8) is 0 Å². The Labute approximate surface area is 105 Å². The molecule has 0 radical (unpaired) electrons. The molecule has 0 fully saturated rings. The van der Waals surface area contributed by atoms with Gasteiger partial charge in [-0.3, -0.25) is 4.79 Å². The first-order valence-electron chi connectivity index (χ1n) is 5.59. The zero-order chi connectivity index (χ0) is 12.7. The lowest BCUT2D eigenvalue weighted by Crippen LogP contribution is -2.26. The summed E-state index contributed by atoms with van der Waals surface area (Å²) < 4.78 is 4.90. The minimum Gasteiger partial charge on any atom is -0.385 e. The summed E-state index contributed by atoms with van der Waals surface area (Å²) in [6.07, 6.45) is 1.14. The lowest BCUT2D eigenvalue weighted by molar-refractivity contribution is -0.120. The molecule has 0 aliphatic rings. The standard InChI is InChI=1S/C11H19N3O2S/c1-8(12)11-14-9(7-17-11)6-10(15)13-4-3-5-16-2/h7-8H,3-6,12H2,1-2H3,(H,13,15). The van der Waals surface area contributed by atoms with Crippen LogP contribution in [-0.4, -0.2) is 31.2 Å². The zero-order valence-corrected chi connectivity index (χ0v) is 11.0. The van der Waals surface area contributed by atoms with E-state index in [0.29, 0.717) is 19.6 Å². The van der Waals surface area contributed by atoms with Crippen molar-refractivity contribution >= 4 is 17.2 Å². The van der Waals surface area contributed by atoms with Crippen LogP contribution in [-0.2, 0) is 16.0 Å². The molecule has 0 saturated heterocycles. The van der Waals surface area contributed by atoms with Crippen LogP contribution in [0.5, 0.6) is 0 Å². The predicted molar refractivity (Wildman–Crippen MR) is 67.9 cm³/mol. The molecule has 5 nitrogen and oxygen atoms in total. The third-order valence-corrected chi connectivity index (χ3v) is 3.24. The van der Waals surface area contributed by atoms with Crippen molar-refractivity contribution in [3.05, 3.63) is 16.1 Å². The number of nitrogens with zero attached hydrogens (tertiary/aromatic N) is 1. The summed E-state index contributed by atoms with van der Waals surface area (Å²) in [5.74, 6) is -0.0115. The molecule has 0 aliphatic carbocycles. The molecule has 0 saturated carbocycles. The maximum absolute atomic E-state index is 11.5. The monoisotopic (exact) mass is 257 g/mol. The number of nitrogens with two attached hydrogens (primary N) is 1. The SMILES string of the molecule is COCCCNC(=O)Cc1csc(C(C)N)n1. The maximum atomic E-state index is 11.5. The van der Waals surface area contributed by atoms with Gasteiger partial charge in [0.15, 0.2) is 0 Å². The number of hydrogen-bond donors (Lipinski definition) is 2. The smallest absolute Gasteiger partial charge is 0.226 e. The molecule has 1 atom stereocenters. The fraction of sp³-hybridized carbons (Fsp3) is 0.636. The fourth-order valence-electron chi connectivity index (χ4n) is 1.28. The Bertz CT molecular complexity index is 352. The lowest BCUT2D eigenvalue weighted by atomic mass is 10.3. The van der Waals surface area contributed by atoms with E-state index in [2.05, 4.69) is 10.3 Å². The Morgan fingerprint density at radius 3 is 3.06 bits per heavy atom. The second kappa shape index (κ2) is 7.37. The van der Waals surface area contributed by atoms with Crippen molar-refractivity contribution in [2.24, 2.45) is 5.73 Å². The Balaban J connectivity index is 2.29. The molecule has 1 aromatic heterocycles. The quantitative estimate of drug-likeness (QED) is 0.710. The van der Waals surface area contributed by atoms with E-state index in [0.717, 1.165) is 17.1 Å². The minimum atomic E-state index is -0.0708. The maximum Gasteiger partial charge on any atom is 0.226 e. The van der Waals surface area contributed by atoms with Crippen molar-refractivity contribution in [1.29, 1.82) is 0 Å². The van der Waals surface area contributed by atoms with Crippen LogP contribution in [0, 0.1) is 0 Å². The third kappa shape index (κ3) is 5.25. The number of hydrogen-bond acceptors (Lipinski definition) is 5. The van der Waals surface area contributed by atoms with Crippen LogP contribution >= 0.6 is 11.3 Å². The average molecular weight is 257 g/mol. The van der Waals surface area contributed by atoms with Crippen molar-refractivity contribution in [1.82, 2.24) is 10.3 Å². The van der Waals surface area contributed by atoms with Crippen LogP contribution in [0.1, 0.15) is 30.1 Å². The van der Waals surface area contributed by atoms with E-state index in [1.165, 1.54) is 11.3 Å². The van der Waals surface area contributed by atoms with E-state index in [4.69, 9.17) is 10.5 Å². The highest BCUT2D eigenvalue weighted by molar-refractivity contribution is 7.09. The van der Waals surface area contributed by atoms with Crippen LogP contribution in [0.3, 0.4) is 0 Å². The summed E-state index contributed by atoms with van der Waals surface area (Å²) in [6.45, 7) is 3.18. The Hall–Kier alpha value is -0.980. The number of methoxy groups -OCH3 is 1. The second-order valence-corrected chi connectivity index (χ2v) is 4.73. The molecule has 3 N–H and O–H groups in total. The third-order valence-electron chi connectivity index (χ3n) is 2.15. The molecular formula is C11H19N3O2S. The van der Waals surface area contributed by atoms with Gasteiger partial charge >= 0.3 is 0 Å². The molecule has 1 aromatic rings. The number of carbonyl (C=O) groups excluding carboxylic acids is 1. The Kier molecular flexibility index (Phi) is 6.10. The first-order valence-corrected chi connectivity index (χ1v) is 6.47. The molecule has 1 heterocycles. The van der Waals surface area contributed by atoms with E-state index >= 15 is 0 Å². The molecule has 6 heteroatoms. The van der Waals surface area contributed by atoms with Gasteiger partial charge < -0.3 is 15.8 Å². The molecule has 0 bridgehead atoms. The van der Waals surface area contributed by atoms with Crippen LogP contribution < -0.4 is 11.1 Å². The molecule has 0 aliphatic heterocycles.